The minimum Gasteiger partial charge on any atom is -0.332 e. The van der Waals surface area contributed by atoms with Gasteiger partial charge in [0, 0.05) is 27.0 Å². The predicted octanol–water partition coefficient (Wildman–Crippen LogP) is 6.97. The maximum Gasteiger partial charge on any atom is 0.237 e. The Hall–Kier alpha value is -2.54. The molecule has 160 valence electrons. The van der Waals surface area contributed by atoms with E-state index in [1.807, 2.05) is 62.4 Å². The Morgan fingerprint density at radius 1 is 0.935 bits per heavy atom. The van der Waals surface area contributed by atoms with Gasteiger partial charge in [-0.1, -0.05) is 42.3 Å². The van der Waals surface area contributed by atoms with Gasteiger partial charge in [-0.2, -0.15) is 0 Å². The SMILES string of the molecule is CCC(Sc1cccc(NC(=S)Nc2ccc(C)cc2)c1)C(=O)Nc1ccc(Cl)cc1. The van der Waals surface area contributed by atoms with Crippen molar-refractivity contribution in [1.29, 1.82) is 0 Å². The van der Waals surface area contributed by atoms with Crippen LogP contribution in [-0.4, -0.2) is 16.3 Å². The maximum atomic E-state index is 12.7. The number of amides is 1. The van der Waals surface area contributed by atoms with Gasteiger partial charge < -0.3 is 16.0 Å². The molecular weight excluding hydrogens is 446 g/mol. The van der Waals surface area contributed by atoms with Crippen LogP contribution in [0.15, 0.2) is 77.7 Å². The standard InChI is InChI=1S/C24H24ClN3OS2/c1-3-22(23(29)26-18-13-9-17(25)10-14-18)31-21-6-4-5-20(15-21)28-24(30)27-19-11-7-16(2)8-12-19/h4-15,22H,3H2,1-2H3,(H,26,29)(H2,27,28,30). The third kappa shape index (κ3) is 7.28. The van der Waals surface area contributed by atoms with Crippen LogP contribution in [0.2, 0.25) is 5.02 Å². The van der Waals surface area contributed by atoms with Crippen molar-refractivity contribution in [1.82, 2.24) is 0 Å². The number of carbonyl (C=O) groups is 1. The second-order valence-electron chi connectivity index (χ2n) is 6.98. The van der Waals surface area contributed by atoms with Gasteiger partial charge in [0.05, 0.1) is 5.25 Å². The third-order valence-corrected chi connectivity index (χ3v) is 6.27. The number of anilines is 3. The molecule has 1 amide bonds. The topological polar surface area (TPSA) is 53.2 Å². The summed E-state index contributed by atoms with van der Waals surface area (Å²) in [4.78, 5) is 13.7. The summed E-state index contributed by atoms with van der Waals surface area (Å²) in [7, 11) is 0. The van der Waals surface area contributed by atoms with E-state index in [1.54, 1.807) is 24.3 Å². The normalized spacial score (nSPS) is 11.5. The highest BCUT2D eigenvalue weighted by Crippen LogP contribution is 2.29. The van der Waals surface area contributed by atoms with Gasteiger partial charge in [-0.3, -0.25) is 4.79 Å². The summed E-state index contributed by atoms with van der Waals surface area (Å²) in [5.41, 5.74) is 3.72. The Bertz CT molecular complexity index is 1040. The van der Waals surface area contributed by atoms with E-state index in [-0.39, 0.29) is 11.2 Å². The molecule has 0 aliphatic carbocycles. The van der Waals surface area contributed by atoms with Crippen LogP contribution in [0, 0.1) is 6.92 Å². The Labute approximate surface area is 197 Å². The van der Waals surface area contributed by atoms with Crippen LogP contribution in [0.5, 0.6) is 0 Å². The molecule has 0 aliphatic heterocycles. The summed E-state index contributed by atoms with van der Waals surface area (Å²) in [6.45, 7) is 4.05. The van der Waals surface area contributed by atoms with E-state index < -0.39 is 0 Å². The first-order valence-electron chi connectivity index (χ1n) is 9.91. The fourth-order valence-electron chi connectivity index (χ4n) is 2.82. The van der Waals surface area contributed by atoms with Crippen molar-refractivity contribution in [2.24, 2.45) is 0 Å². The van der Waals surface area contributed by atoms with Crippen molar-refractivity contribution in [3.8, 4) is 0 Å². The van der Waals surface area contributed by atoms with Crippen LogP contribution in [-0.2, 0) is 4.79 Å². The Morgan fingerprint density at radius 3 is 2.23 bits per heavy atom. The largest absolute Gasteiger partial charge is 0.332 e. The first kappa shape index (κ1) is 23.1. The van der Waals surface area contributed by atoms with Gasteiger partial charge in [-0.25, -0.2) is 0 Å². The number of aryl methyl sites for hydroxylation is 1. The van der Waals surface area contributed by atoms with Crippen molar-refractivity contribution >= 4 is 63.7 Å². The molecule has 0 aliphatic rings. The number of hydrogen-bond donors (Lipinski definition) is 3. The maximum absolute atomic E-state index is 12.7. The summed E-state index contributed by atoms with van der Waals surface area (Å²) in [5, 5.41) is 10.3. The van der Waals surface area contributed by atoms with Gasteiger partial charge in [-0.05, 0) is 80.2 Å². The lowest BCUT2D eigenvalue weighted by Gasteiger charge is -2.16. The van der Waals surface area contributed by atoms with Crippen LogP contribution in [0.1, 0.15) is 18.9 Å². The lowest BCUT2D eigenvalue weighted by molar-refractivity contribution is -0.115. The van der Waals surface area contributed by atoms with Crippen LogP contribution in [0.3, 0.4) is 0 Å². The van der Waals surface area contributed by atoms with E-state index in [0.29, 0.717) is 16.6 Å². The minimum absolute atomic E-state index is 0.0373. The first-order valence-corrected chi connectivity index (χ1v) is 11.6. The molecule has 0 radical (unpaired) electrons. The van der Waals surface area contributed by atoms with E-state index in [9.17, 15) is 4.79 Å². The molecule has 0 saturated heterocycles. The summed E-state index contributed by atoms with van der Waals surface area (Å²) < 4.78 is 0. The molecule has 0 saturated carbocycles. The van der Waals surface area contributed by atoms with Gasteiger partial charge in [0.15, 0.2) is 5.11 Å². The Kier molecular flexibility index (Phi) is 8.35. The number of thiocarbonyl (C=S) groups is 1. The molecule has 0 heterocycles. The average Bonchev–Trinajstić information content (AvgIpc) is 2.75. The van der Waals surface area contributed by atoms with Crippen molar-refractivity contribution in [2.75, 3.05) is 16.0 Å². The Balaban J connectivity index is 1.60. The zero-order chi connectivity index (χ0) is 22.2. The molecule has 3 aromatic carbocycles. The molecule has 1 atom stereocenters. The van der Waals surface area contributed by atoms with Crippen LogP contribution >= 0.6 is 35.6 Å². The van der Waals surface area contributed by atoms with E-state index >= 15 is 0 Å². The number of hydrogen-bond acceptors (Lipinski definition) is 3. The Morgan fingerprint density at radius 2 is 1.55 bits per heavy atom. The number of benzene rings is 3. The van der Waals surface area contributed by atoms with Gasteiger partial charge in [0.1, 0.15) is 0 Å². The minimum atomic E-state index is -0.219. The molecule has 0 aromatic heterocycles. The summed E-state index contributed by atoms with van der Waals surface area (Å²) >= 11 is 12.9. The number of rotatable bonds is 7. The lowest BCUT2D eigenvalue weighted by atomic mass is 10.2. The molecule has 7 heteroatoms. The van der Waals surface area contributed by atoms with Crippen LogP contribution in [0.25, 0.3) is 0 Å². The van der Waals surface area contributed by atoms with Gasteiger partial charge >= 0.3 is 0 Å². The summed E-state index contributed by atoms with van der Waals surface area (Å²) in [6.07, 6.45) is 0.704. The van der Waals surface area contributed by atoms with Gasteiger partial charge in [0.25, 0.3) is 0 Å². The highest BCUT2D eigenvalue weighted by atomic mass is 35.5. The smallest absolute Gasteiger partial charge is 0.237 e. The number of carbonyl (C=O) groups excluding carboxylic acids is 1. The van der Waals surface area contributed by atoms with Crippen molar-refractivity contribution < 1.29 is 4.79 Å². The molecule has 3 aromatic rings. The molecule has 0 spiro atoms. The fourth-order valence-corrected chi connectivity index (χ4v) is 4.19. The second kappa shape index (κ2) is 11.2. The van der Waals surface area contributed by atoms with E-state index in [1.165, 1.54) is 17.3 Å². The molecule has 31 heavy (non-hydrogen) atoms. The molecule has 4 nitrogen and oxygen atoms in total. The van der Waals surface area contributed by atoms with Crippen LogP contribution in [0.4, 0.5) is 17.1 Å². The molecule has 3 rings (SSSR count). The zero-order valence-electron chi connectivity index (χ0n) is 17.3. The monoisotopic (exact) mass is 469 g/mol. The molecule has 0 fully saturated rings. The zero-order valence-corrected chi connectivity index (χ0v) is 19.7. The fraction of sp³-hybridized carbons (Fsp3) is 0.167. The molecule has 3 N–H and O–H groups in total. The van der Waals surface area contributed by atoms with E-state index in [4.69, 9.17) is 23.8 Å². The quantitative estimate of drug-likeness (QED) is 0.258. The number of halogens is 1. The first-order chi connectivity index (χ1) is 14.9. The molecule has 0 bridgehead atoms. The predicted molar refractivity (Wildman–Crippen MR) is 137 cm³/mol. The van der Waals surface area contributed by atoms with Gasteiger partial charge in [0.2, 0.25) is 5.91 Å². The van der Waals surface area contributed by atoms with Crippen molar-refractivity contribution in [3.05, 3.63) is 83.4 Å². The molecule has 1 unspecified atom stereocenters. The average molecular weight is 470 g/mol. The summed E-state index contributed by atoms with van der Waals surface area (Å²) in [6, 6.07) is 23.0. The van der Waals surface area contributed by atoms with Crippen molar-refractivity contribution in [2.45, 2.75) is 30.4 Å². The van der Waals surface area contributed by atoms with E-state index in [0.717, 1.165) is 22.0 Å². The van der Waals surface area contributed by atoms with E-state index in [2.05, 4.69) is 16.0 Å². The van der Waals surface area contributed by atoms with Crippen LogP contribution < -0.4 is 16.0 Å². The lowest BCUT2D eigenvalue weighted by Crippen LogP contribution is -2.24. The summed E-state index contributed by atoms with van der Waals surface area (Å²) in [5.74, 6) is -0.0373. The highest BCUT2D eigenvalue weighted by molar-refractivity contribution is 8.00. The third-order valence-electron chi connectivity index (χ3n) is 4.45. The van der Waals surface area contributed by atoms with Gasteiger partial charge in [-0.15, -0.1) is 11.8 Å². The number of nitrogens with one attached hydrogen (secondary N) is 3. The molecular formula is C24H24ClN3OS2. The highest BCUT2D eigenvalue weighted by Gasteiger charge is 2.18. The van der Waals surface area contributed by atoms with Crippen molar-refractivity contribution in [3.63, 3.8) is 0 Å². The number of thioether (sulfide) groups is 1. The second-order valence-corrected chi connectivity index (χ2v) is 9.10.